The minimum Gasteiger partial charge on any atom is -0.376 e. The number of hydrogen-bond acceptors (Lipinski definition) is 2. The third-order valence-corrected chi connectivity index (χ3v) is 3.45. The van der Waals surface area contributed by atoms with Crippen LogP contribution in [0, 0.1) is 5.41 Å². The van der Waals surface area contributed by atoms with Crippen LogP contribution in [0.3, 0.4) is 0 Å². The van der Waals surface area contributed by atoms with Crippen molar-refractivity contribution in [1.29, 1.82) is 0 Å². The van der Waals surface area contributed by atoms with Crippen LogP contribution in [0.4, 0.5) is 0 Å². The van der Waals surface area contributed by atoms with Gasteiger partial charge in [-0.3, -0.25) is 0 Å². The van der Waals surface area contributed by atoms with Crippen LogP contribution >= 0.6 is 0 Å². The first-order chi connectivity index (χ1) is 6.20. The number of rotatable bonds is 2. The molecule has 0 amide bonds. The Hall–Kier alpha value is -0.0800. The van der Waals surface area contributed by atoms with E-state index in [9.17, 15) is 0 Å². The van der Waals surface area contributed by atoms with Crippen molar-refractivity contribution in [2.45, 2.75) is 51.7 Å². The molecule has 2 rings (SSSR count). The summed E-state index contributed by atoms with van der Waals surface area (Å²) >= 11 is 0. The number of piperidine rings is 1. The summed E-state index contributed by atoms with van der Waals surface area (Å²) in [5.74, 6) is 0. The second-order valence-corrected chi connectivity index (χ2v) is 4.97. The Balaban J connectivity index is 1.75. The van der Waals surface area contributed by atoms with Crippen molar-refractivity contribution in [3.8, 4) is 0 Å². The van der Waals surface area contributed by atoms with Gasteiger partial charge in [-0.1, -0.05) is 0 Å². The number of nitrogens with one attached hydrogen (secondary N) is 1. The zero-order valence-electron chi connectivity index (χ0n) is 8.81. The lowest BCUT2D eigenvalue weighted by molar-refractivity contribution is -0.114. The molecule has 1 saturated carbocycles. The zero-order chi connectivity index (χ0) is 9.31. The van der Waals surface area contributed by atoms with Gasteiger partial charge < -0.3 is 10.1 Å². The average molecular weight is 183 g/mol. The van der Waals surface area contributed by atoms with Gasteiger partial charge in [-0.2, -0.15) is 0 Å². The van der Waals surface area contributed by atoms with Crippen LogP contribution in [-0.4, -0.2) is 25.3 Å². The van der Waals surface area contributed by atoms with Crippen molar-refractivity contribution in [2.24, 2.45) is 5.41 Å². The second-order valence-electron chi connectivity index (χ2n) is 4.97. The monoisotopic (exact) mass is 183 g/mol. The van der Waals surface area contributed by atoms with Gasteiger partial charge in [0.1, 0.15) is 0 Å². The maximum Gasteiger partial charge on any atom is 0.0589 e. The molecule has 0 radical (unpaired) electrons. The van der Waals surface area contributed by atoms with Crippen molar-refractivity contribution in [3.63, 3.8) is 0 Å². The highest BCUT2D eigenvalue weighted by Gasteiger charge is 2.45. The third-order valence-electron chi connectivity index (χ3n) is 3.45. The van der Waals surface area contributed by atoms with E-state index < -0.39 is 0 Å². The van der Waals surface area contributed by atoms with E-state index in [0.29, 0.717) is 17.6 Å². The highest BCUT2D eigenvalue weighted by atomic mass is 16.5. The molecule has 1 aliphatic carbocycles. The lowest BCUT2D eigenvalue weighted by Gasteiger charge is -2.50. The normalized spacial score (nSPS) is 27.9. The molecule has 0 aromatic rings. The van der Waals surface area contributed by atoms with Crippen LogP contribution in [0.2, 0.25) is 0 Å². The van der Waals surface area contributed by atoms with E-state index in [-0.39, 0.29) is 0 Å². The minimum absolute atomic E-state index is 0.407. The van der Waals surface area contributed by atoms with E-state index in [1.807, 2.05) is 0 Å². The molecule has 1 N–H and O–H groups in total. The molecule has 0 unspecified atom stereocenters. The first-order valence-corrected chi connectivity index (χ1v) is 5.56. The van der Waals surface area contributed by atoms with Crippen molar-refractivity contribution < 1.29 is 4.74 Å². The quantitative estimate of drug-likeness (QED) is 0.706. The summed E-state index contributed by atoms with van der Waals surface area (Å²) < 4.78 is 5.79. The molecule has 1 aliphatic heterocycles. The standard InChI is InChI=1S/C11H21NO/c1-9(2)13-10-7-11(8-10)3-5-12-6-4-11/h9-10,12H,3-8H2,1-2H3. The van der Waals surface area contributed by atoms with E-state index >= 15 is 0 Å². The highest BCUT2D eigenvalue weighted by Crippen LogP contribution is 2.49. The van der Waals surface area contributed by atoms with Gasteiger partial charge in [0.15, 0.2) is 0 Å². The van der Waals surface area contributed by atoms with Gasteiger partial charge in [0.05, 0.1) is 12.2 Å². The molecule has 1 spiro atoms. The van der Waals surface area contributed by atoms with Crippen molar-refractivity contribution in [2.75, 3.05) is 13.1 Å². The van der Waals surface area contributed by atoms with Crippen LogP contribution in [0.1, 0.15) is 39.5 Å². The van der Waals surface area contributed by atoms with E-state index in [4.69, 9.17) is 4.74 Å². The van der Waals surface area contributed by atoms with Gasteiger partial charge in [-0.15, -0.1) is 0 Å². The molecule has 1 saturated heterocycles. The fraction of sp³-hybridized carbons (Fsp3) is 1.00. The lowest BCUT2D eigenvalue weighted by Crippen LogP contribution is -2.49. The summed E-state index contributed by atoms with van der Waals surface area (Å²) in [5.41, 5.74) is 0.671. The fourth-order valence-electron chi connectivity index (χ4n) is 2.75. The Labute approximate surface area is 81.0 Å². The largest absolute Gasteiger partial charge is 0.376 e. The smallest absolute Gasteiger partial charge is 0.0589 e. The van der Waals surface area contributed by atoms with Gasteiger partial charge in [0.25, 0.3) is 0 Å². The molecule has 2 nitrogen and oxygen atoms in total. The third kappa shape index (κ3) is 2.05. The molecule has 76 valence electrons. The van der Waals surface area contributed by atoms with Gasteiger partial charge in [0, 0.05) is 0 Å². The summed E-state index contributed by atoms with van der Waals surface area (Å²) in [6, 6.07) is 0. The number of hydrogen-bond donors (Lipinski definition) is 1. The Morgan fingerprint density at radius 1 is 1.23 bits per heavy atom. The SMILES string of the molecule is CC(C)OC1CC2(CCNCC2)C1. The second kappa shape index (κ2) is 3.58. The molecule has 0 aromatic heterocycles. The molecule has 2 fully saturated rings. The summed E-state index contributed by atoms with van der Waals surface area (Å²) in [4.78, 5) is 0. The van der Waals surface area contributed by atoms with Crippen LogP contribution < -0.4 is 5.32 Å². The van der Waals surface area contributed by atoms with E-state index in [1.54, 1.807) is 0 Å². The molecule has 2 aliphatic rings. The Bertz CT molecular complexity index is 165. The molecular formula is C11H21NO. The van der Waals surface area contributed by atoms with Crippen LogP contribution in [-0.2, 0) is 4.74 Å². The fourth-order valence-corrected chi connectivity index (χ4v) is 2.75. The first kappa shape index (κ1) is 9.47. The van der Waals surface area contributed by atoms with Gasteiger partial charge in [-0.25, -0.2) is 0 Å². The highest BCUT2D eigenvalue weighted by molar-refractivity contribution is 4.97. The molecule has 0 bridgehead atoms. The van der Waals surface area contributed by atoms with E-state index in [0.717, 1.165) is 0 Å². The summed E-state index contributed by atoms with van der Waals surface area (Å²) in [5, 5.41) is 3.42. The summed E-state index contributed by atoms with van der Waals surface area (Å²) in [6.45, 7) is 6.70. The topological polar surface area (TPSA) is 21.3 Å². The van der Waals surface area contributed by atoms with E-state index in [2.05, 4.69) is 19.2 Å². The van der Waals surface area contributed by atoms with Gasteiger partial charge in [0.2, 0.25) is 0 Å². The predicted molar refractivity (Wildman–Crippen MR) is 53.8 cm³/mol. The van der Waals surface area contributed by atoms with Crippen molar-refractivity contribution >= 4 is 0 Å². The van der Waals surface area contributed by atoms with Gasteiger partial charge in [-0.05, 0) is 58.0 Å². The Morgan fingerprint density at radius 2 is 1.85 bits per heavy atom. The van der Waals surface area contributed by atoms with E-state index in [1.165, 1.54) is 38.8 Å². The van der Waals surface area contributed by atoms with Crippen molar-refractivity contribution in [1.82, 2.24) is 5.32 Å². The number of ether oxygens (including phenoxy) is 1. The Kier molecular flexibility index (Phi) is 2.61. The average Bonchev–Trinajstić information content (AvgIpc) is 2.02. The maximum atomic E-state index is 5.79. The summed E-state index contributed by atoms with van der Waals surface area (Å²) in [6.07, 6.45) is 6.33. The zero-order valence-corrected chi connectivity index (χ0v) is 8.81. The first-order valence-electron chi connectivity index (χ1n) is 5.56. The molecule has 1 heterocycles. The van der Waals surface area contributed by atoms with Crippen molar-refractivity contribution in [3.05, 3.63) is 0 Å². The van der Waals surface area contributed by atoms with Crippen LogP contribution in [0.15, 0.2) is 0 Å². The molecule has 2 heteroatoms. The van der Waals surface area contributed by atoms with Gasteiger partial charge >= 0.3 is 0 Å². The van der Waals surface area contributed by atoms with Crippen LogP contribution in [0.25, 0.3) is 0 Å². The maximum absolute atomic E-state index is 5.79. The molecule has 0 aromatic carbocycles. The molecule has 0 atom stereocenters. The minimum atomic E-state index is 0.407. The summed E-state index contributed by atoms with van der Waals surface area (Å²) in [7, 11) is 0. The molecular weight excluding hydrogens is 162 g/mol. The molecule has 13 heavy (non-hydrogen) atoms. The van der Waals surface area contributed by atoms with Crippen LogP contribution in [0.5, 0.6) is 0 Å². The Morgan fingerprint density at radius 3 is 2.38 bits per heavy atom. The predicted octanol–water partition coefficient (Wildman–Crippen LogP) is 1.94. The lowest BCUT2D eigenvalue weighted by atomic mass is 9.62.